The third-order valence-electron chi connectivity index (χ3n) is 2.58. The highest BCUT2D eigenvalue weighted by molar-refractivity contribution is 7.89. The summed E-state index contributed by atoms with van der Waals surface area (Å²) >= 11 is 4.85. The number of hydrogen-bond acceptors (Lipinski definition) is 4. The summed E-state index contributed by atoms with van der Waals surface area (Å²) in [7, 11) is -2.49. The van der Waals surface area contributed by atoms with Gasteiger partial charge in [-0.25, -0.2) is 8.42 Å². The molecule has 0 atom stereocenters. The highest BCUT2D eigenvalue weighted by atomic mass is 32.2. The van der Waals surface area contributed by atoms with Crippen molar-refractivity contribution in [3.8, 4) is 0 Å². The van der Waals surface area contributed by atoms with Crippen LogP contribution in [0.5, 0.6) is 0 Å². The lowest BCUT2D eigenvalue weighted by molar-refractivity contribution is -0.121. The molecule has 0 unspecified atom stereocenters. The van der Waals surface area contributed by atoms with E-state index in [2.05, 4.69) is 5.32 Å². The van der Waals surface area contributed by atoms with E-state index in [1.54, 1.807) is 19.1 Å². The second-order valence-electron chi connectivity index (χ2n) is 4.07. The molecule has 110 valence electrons. The van der Waals surface area contributed by atoms with Gasteiger partial charge in [-0.15, -0.1) is 0 Å². The van der Waals surface area contributed by atoms with Gasteiger partial charge in [0.1, 0.15) is 4.99 Å². The highest BCUT2D eigenvalue weighted by Gasteiger charge is 2.25. The first-order valence-electron chi connectivity index (χ1n) is 5.92. The van der Waals surface area contributed by atoms with E-state index >= 15 is 0 Å². The van der Waals surface area contributed by atoms with Crippen LogP contribution in [0.1, 0.15) is 12.5 Å². The van der Waals surface area contributed by atoms with Gasteiger partial charge in [0, 0.05) is 19.2 Å². The standard InChI is InChI=1S/C12H17N3O3S2/c1-3-14-11(16)8-15(2)20(17,18)10-7-5-4-6-9(10)12(13)19/h4-7H,3,8H2,1-2H3,(H2,13,19)(H,14,16). The van der Waals surface area contributed by atoms with Crippen molar-refractivity contribution in [1.82, 2.24) is 9.62 Å². The van der Waals surface area contributed by atoms with Crippen LogP contribution in [0.4, 0.5) is 0 Å². The van der Waals surface area contributed by atoms with Gasteiger partial charge in [-0.3, -0.25) is 4.79 Å². The molecule has 0 bridgehead atoms. The average molecular weight is 315 g/mol. The molecule has 0 aromatic heterocycles. The van der Waals surface area contributed by atoms with Crippen molar-refractivity contribution in [3.63, 3.8) is 0 Å². The van der Waals surface area contributed by atoms with Gasteiger partial charge < -0.3 is 11.1 Å². The predicted molar refractivity (Wildman–Crippen MR) is 80.8 cm³/mol. The van der Waals surface area contributed by atoms with Crippen molar-refractivity contribution in [1.29, 1.82) is 0 Å². The number of amides is 1. The van der Waals surface area contributed by atoms with E-state index in [4.69, 9.17) is 18.0 Å². The van der Waals surface area contributed by atoms with Gasteiger partial charge in [-0.2, -0.15) is 4.31 Å². The van der Waals surface area contributed by atoms with E-state index in [9.17, 15) is 13.2 Å². The van der Waals surface area contributed by atoms with Crippen LogP contribution in [0, 0.1) is 0 Å². The zero-order valence-corrected chi connectivity index (χ0v) is 12.9. The van der Waals surface area contributed by atoms with Crippen LogP contribution in [0.25, 0.3) is 0 Å². The zero-order chi connectivity index (χ0) is 15.3. The summed E-state index contributed by atoms with van der Waals surface area (Å²) in [5, 5.41) is 2.54. The number of nitrogens with zero attached hydrogens (tertiary/aromatic N) is 1. The summed E-state index contributed by atoms with van der Waals surface area (Å²) in [5.74, 6) is -0.369. The maximum absolute atomic E-state index is 12.4. The van der Waals surface area contributed by atoms with Crippen molar-refractivity contribution in [2.24, 2.45) is 5.73 Å². The number of thiocarbonyl (C=S) groups is 1. The minimum atomic E-state index is -3.82. The molecule has 0 aliphatic carbocycles. The maximum Gasteiger partial charge on any atom is 0.243 e. The molecular formula is C12H17N3O3S2. The number of nitrogens with two attached hydrogens (primary N) is 1. The minimum Gasteiger partial charge on any atom is -0.389 e. The van der Waals surface area contributed by atoms with Crippen molar-refractivity contribution in [2.75, 3.05) is 20.1 Å². The van der Waals surface area contributed by atoms with Crippen molar-refractivity contribution < 1.29 is 13.2 Å². The van der Waals surface area contributed by atoms with Crippen LogP contribution >= 0.6 is 12.2 Å². The maximum atomic E-state index is 12.4. The van der Waals surface area contributed by atoms with Crippen molar-refractivity contribution in [2.45, 2.75) is 11.8 Å². The number of carbonyl (C=O) groups is 1. The normalized spacial score (nSPS) is 11.3. The number of likely N-dealkylation sites (N-methyl/N-ethyl adjacent to an activating group) is 2. The average Bonchev–Trinajstić information content (AvgIpc) is 2.38. The van der Waals surface area contributed by atoms with E-state index in [0.29, 0.717) is 6.54 Å². The number of hydrogen-bond donors (Lipinski definition) is 2. The summed E-state index contributed by atoms with van der Waals surface area (Å²) in [5.41, 5.74) is 5.80. The van der Waals surface area contributed by atoms with Crippen LogP contribution in [-0.4, -0.2) is 43.8 Å². The Morgan fingerprint density at radius 1 is 1.40 bits per heavy atom. The second-order valence-corrected chi connectivity index (χ2v) is 6.53. The molecule has 1 rings (SSSR count). The van der Waals surface area contributed by atoms with Crippen molar-refractivity contribution in [3.05, 3.63) is 29.8 Å². The van der Waals surface area contributed by atoms with E-state index in [1.165, 1.54) is 19.2 Å². The number of nitrogens with one attached hydrogen (secondary N) is 1. The Labute approximate surface area is 124 Å². The third-order valence-corrected chi connectivity index (χ3v) is 4.66. The fraction of sp³-hybridized carbons (Fsp3) is 0.333. The molecule has 3 N–H and O–H groups in total. The summed E-state index contributed by atoms with van der Waals surface area (Å²) in [6.07, 6.45) is 0. The fourth-order valence-corrected chi connectivity index (χ4v) is 3.18. The summed E-state index contributed by atoms with van der Waals surface area (Å²) in [4.78, 5) is 11.5. The Hall–Kier alpha value is -1.51. The Bertz CT molecular complexity index is 614. The van der Waals surface area contributed by atoms with E-state index < -0.39 is 10.0 Å². The van der Waals surface area contributed by atoms with Crippen LogP contribution < -0.4 is 11.1 Å². The molecular weight excluding hydrogens is 298 g/mol. The Balaban J connectivity index is 3.11. The monoisotopic (exact) mass is 315 g/mol. The first kappa shape index (κ1) is 16.5. The van der Waals surface area contributed by atoms with Crippen molar-refractivity contribution >= 4 is 33.1 Å². The largest absolute Gasteiger partial charge is 0.389 e. The Morgan fingerprint density at radius 2 is 2.00 bits per heavy atom. The minimum absolute atomic E-state index is 0.000650. The van der Waals surface area contributed by atoms with E-state index in [0.717, 1.165) is 4.31 Å². The molecule has 0 aliphatic heterocycles. The lowest BCUT2D eigenvalue weighted by atomic mass is 10.2. The van der Waals surface area contributed by atoms with Gasteiger partial charge in [0.15, 0.2) is 0 Å². The molecule has 20 heavy (non-hydrogen) atoms. The second kappa shape index (κ2) is 6.78. The molecule has 0 saturated heterocycles. The van der Waals surface area contributed by atoms with Crippen LogP contribution in [0.2, 0.25) is 0 Å². The summed E-state index contributed by atoms with van der Waals surface area (Å²) in [6.45, 7) is 1.94. The van der Waals surface area contributed by atoms with Crippen LogP contribution in [0.15, 0.2) is 29.2 Å². The number of carbonyl (C=O) groups excluding carboxylic acids is 1. The zero-order valence-electron chi connectivity index (χ0n) is 11.3. The van der Waals surface area contributed by atoms with Gasteiger partial charge in [0.25, 0.3) is 0 Å². The molecule has 0 saturated carbocycles. The molecule has 1 aromatic rings. The van der Waals surface area contributed by atoms with Gasteiger partial charge in [0.05, 0.1) is 11.4 Å². The van der Waals surface area contributed by atoms with Gasteiger partial charge in [-0.1, -0.05) is 30.4 Å². The molecule has 0 fully saturated rings. The van der Waals surface area contributed by atoms with Crippen LogP contribution in [0.3, 0.4) is 0 Å². The number of benzene rings is 1. The molecule has 0 heterocycles. The lowest BCUT2D eigenvalue weighted by Gasteiger charge is -2.18. The first-order valence-corrected chi connectivity index (χ1v) is 7.77. The molecule has 0 radical (unpaired) electrons. The topological polar surface area (TPSA) is 92.5 Å². The molecule has 8 heteroatoms. The molecule has 1 aromatic carbocycles. The van der Waals surface area contributed by atoms with E-state index in [1.807, 2.05) is 0 Å². The molecule has 0 spiro atoms. The summed E-state index contributed by atoms with van der Waals surface area (Å²) < 4.78 is 25.8. The highest BCUT2D eigenvalue weighted by Crippen LogP contribution is 2.19. The Morgan fingerprint density at radius 3 is 2.55 bits per heavy atom. The number of rotatable bonds is 6. The number of sulfonamides is 1. The third kappa shape index (κ3) is 3.75. The smallest absolute Gasteiger partial charge is 0.243 e. The summed E-state index contributed by atoms with van der Waals surface area (Å²) in [6, 6.07) is 6.18. The predicted octanol–water partition coefficient (Wildman–Crippen LogP) is 0.0774. The van der Waals surface area contributed by atoms with Gasteiger partial charge in [0.2, 0.25) is 15.9 Å². The van der Waals surface area contributed by atoms with E-state index in [-0.39, 0.29) is 27.9 Å². The van der Waals surface area contributed by atoms with Crippen LogP contribution in [-0.2, 0) is 14.8 Å². The Kier molecular flexibility index (Phi) is 5.61. The fourth-order valence-electron chi connectivity index (χ4n) is 1.60. The quantitative estimate of drug-likeness (QED) is 0.725. The SMILES string of the molecule is CCNC(=O)CN(C)S(=O)(=O)c1ccccc1C(N)=S. The van der Waals surface area contributed by atoms with Gasteiger partial charge in [-0.05, 0) is 13.0 Å². The molecule has 6 nitrogen and oxygen atoms in total. The molecule has 0 aliphatic rings. The first-order chi connectivity index (χ1) is 9.30. The van der Waals surface area contributed by atoms with Gasteiger partial charge >= 0.3 is 0 Å². The molecule has 1 amide bonds. The lowest BCUT2D eigenvalue weighted by Crippen LogP contribution is -2.38.